The topological polar surface area (TPSA) is 9.23 Å². The van der Waals surface area contributed by atoms with Crippen LogP contribution < -0.4 is 0 Å². The van der Waals surface area contributed by atoms with Gasteiger partial charge >= 0.3 is 10.5 Å². The summed E-state index contributed by atoms with van der Waals surface area (Å²) >= 11 is 0. The highest BCUT2D eigenvalue weighted by atomic mass is 28.2. The molecular formula is C6H5OSi. The molecule has 0 bridgehead atoms. The average Bonchev–Trinajstić information content (AvgIpc) is 2.14. The average molecular weight is 121 g/mol. The lowest BCUT2D eigenvalue weighted by Crippen LogP contribution is -1.83. The Kier molecular flexibility index (Phi) is 1.35. The first-order chi connectivity index (χ1) is 3.84. The molecule has 0 saturated heterocycles. The second-order valence-electron chi connectivity index (χ2n) is 1.52. The molecule has 0 aliphatic heterocycles. The van der Waals surface area contributed by atoms with E-state index in [1.54, 1.807) is 0 Å². The standard InChI is InChI=1S/C6H5OSi/c1-5-3-2-4-6(5)7-8/h2-4H,1H2. The number of hydrogen-bond acceptors (Lipinski definition) is 1. The van der Waals surface area contributed by atoms with E-state index in [0.717, 1.165) is 11.3 Å². The molecule has 0 aromatic heterocycles. The van der Waals surface area contributed by atoms with E-state index in [1.165, 1.54) is 0 Å². The number of rotatable bonds is 1. The van der Waals surface area contributed by atoms with Crippen LogP contribution in [-0.2, 0) is 4.43 Å². The monoisotopic (exact) mass is 121 g/mol. The lowest BCUT2D eigenvalue weighted by atomic mass is 10.3. The van der Waals surface area contributed by atoms with Gasteiger partial charge in [-0.1, -0.05) is 18.7 Å². The zero-order chi connectivity index (χ0) is 5.98. The summed E-state index contributed by atoms with van der Waals surface area (Å²) in [7, 11) is 2.89. The van der Waals surface area contributed by atoms with Crippen molar-refractivity contribution in [2.24, 2.45) is 0 Å². The Morgan fingerprint density at radius 1 is 1.62 bits per heavy atom. The zero-order valence-electron chi connectivity index (χ0n) is 4.35. The third kappa shape index (κ3) is 0.745. The van der Waals surface area contributed by atoms with E-state index < -0.39 is 0 Å². The Labute approximate surface area is 51.9 Å². The molecular weight excluding hydrogens is 116 g/mol. The third-order valence-electron chi connectivity index (χ3n) is 0.971. The Hall–Kier alpha value is -0.763. The van der Waals surface area contributed by atoms with Crippen molar-refractivity contribution in [3.05, 3.63) is 36.1 Å². The molecule has 8 heavy (non-hydrogen) atoms. The van der Waals surface area contributed by atoms with Crippen LogP contribution in [-0.4, -0.2) is 10.5 Å². The molecule has 2 heteroatoms. The molecule has 1 nitrogen and oxygen atoms in total. The zero-order valence-corrected chi connectivity index (χ0v) is 5.35. The molecule has 0 unspecified atom stereocenters. The van der Waals surface area contributed by atoms with Crippen LogP contribution in [0.5, 0.6) is 0 Å². The lowest BCUT2D eigenvalue weighted by molar-refractivity contribution is 0.488. The van der Waals surface area contributed by atoms with E-state index in [0.29, 0.717) is 0 Å². The summed E-state index contributed by atoms with van der Waals surface area (Å²) in [6, 6.07) is 0. The molecule has 1 rings (SSSR count). The van der Waals surface area contributed by atoms with Gasteiger partial charge in [-0.15, -0.1) is 0 Å². The van der Waals surface area contributed by atoms with E-state index in [2.05, 4.69) is 17.1 Å². The molecule has 1 aliphatic carbocycles. The molecule has 1 aliphatic rings. The molecule has 0 aromatic rings. The molecule has 0 aromatic carbocycles. The quantitative estimate of drug-likeness (QED) is 0.472. The van der Waals surface area contributed by atoms with Crippen molar-refractivity contribution in [1.29, 1.82) is 0 Å². The fourth-order valence-corrected chi connectivity index (χ4v) is 0.740. The summed E-state index contributed by atoms with van der Waals surface area (Å²) in [5.41, 5.74) is 0.903. The minimum Gasteiger partial charge on any atom is -0.540 e. The van der Waals surface area contributed by atoms with Crippen molar-refractivity contribution in [2.75, 3.05) is 0 Å². The van der Waals surface area contributed by atoms with Gasteiger partial charge in [0.2, 0.25) is 0 Å². The predicted octanol–water partition coefficient (Wildman–Crippen LogP) is 1.10. The van der Waals surface area contributed by atoms with Gasteiger partial charge in [-0.3, -0.25) is 0 Å². The summed E-state index contributed by atoms with van der Waals surface area (Å²) in [6.45, 7) is 3.70. The van der Waals surface area contributed by atoms with Gasteiger partial charge in [0.1, 0.15) is 5.76 Å². The van der Waals surface area contributed by atoms with E-state index in [9.17, 15) is 0 Å². The highest BCUT2D eigenvalue weighted by molar-refractivity contribution is 5.99. The third-order valence-corrected chi connectivity index (χ3v) is 1.19. The first-order valence-electron chi connectivity index (χ1n) is 2.26. The van der Waals surface area contributed by atoms with Crippen molar-refractivity contribution in [3.63, 3.8) is 0 Å². The second kappa shape index (κ2) is 2.00. The van der Waals surface area contributed by atoms with Gasteiger partial charge in [0.05, 0.1) is 0 Å². The first kappa shape index (κ1) is 5.38. The molecule has 0 N–H and O–H groups in total. The molecule has 0 fully saturated rings. The predicted molar refractivity (Wildman–Crippen MR) is 33.2 cm³/mol. The SMILES string of the molecule is C=C1C=CC=C1O[Si]. The summed E-state index contributed by atoms with van der Waals surface area (Å²) < 4.78 is 4.73. The van der Waals surface area contributed by atoms with Crippen molar-refractivity contribution in [2.45, 2.75) is 0 Å². The maximum Gasteiger partial charge on any atom is 0.341 e. The van der Waals surface area contributed by atoms with Crippen LogP contribution in [0.15, 0.2) is 36.1 Å². The molecule has 0 spiro atoms. The van der Waals surface area contributed by atoms with Crippen molar-refractivity contribution >= 4 is 10.5 Å². The van der Waals surface area contributed by atoms with Crippen LogP contribution in [0.1, 0.15) is 0 Å². The Bertz CT molecular complexity index is 167. The lowest BCUT2D eigenvalue weighted by Gasteiger charge is -1.98. The van der Waals surface area contributed by atoms with E-state index >= 15 is 0 Å². The Morgan fingerprint density at radius 3 is 2.62 bits per heavy atom. The van der Waals surface area contributed by atoms with Gasteiger partial charge < -0.3 is 4.43 Å². The number of hydrogen-bond donors (Lipinski definition) is 0. The van der Waals surface area contributed by atoms with Gasteiger partial charge in [0.25, 0.3) is 0 Å². The van der Waals surface area contributed by atoms with Crippen molar-refractivity contribution < 1.29 is 4.43 Å². The van der Waals surface area contributed by atoms with Gasteiger partial charge in [0.15, 0.2) is 0 Å². The molecule has 0 saturated carbocycles. The molecule has 3 radical (unpaired) electrons. The van der Waals surface area contributed by atoms with Crippen molar-refractivity contribution in [3.8, 4) is 0 Å². The fraction of sp³-hybridized carbons (Fsp3) is 0. The van der Waals surface area contributed by atoms with E-state index in [1.807, 2.05) is 18.2 Å². The molecule has 39 valence electrons. The van der Waals surface area contributed by atoms with Crippen LogP contribution in [0.2, 0.25) is 0 Å². The van der Waals surface area contributed by atoms with Crippen LogP contribution in [0.25, 0.3) is 0 Å². The van der Waals surface area contributed by atoms with E-state index in [4.69, 9.17) is 4.43 Å². The highest BCUT2D eigenvalue weighted by Gasteiger charge is 2.00. The van der Waals surface area contributed by atoms with Crippen LogP contribution in [0, 0.1) is 0 Å². The Balaban J connectivity index is 2.73. The fourth-order valence-electron chi connectivity index (χ4n) is 0.540. The largest absolute Gasteiger partial charge is 0.540 e. The maximum atomic E-state index is 4.73. The van der Waals surface area contributed by atoms with E-state index in [-0.39, 0.29) is 0 Å². The number of allylic oxidation sites excluding steroid dienone is 3. The highest BCUT2D eigenvalue weighted by Crippen LogP contribution is 2.14. The summed E-state index contributed by atoms with van der Waals surface area (Å²) in [6.07, 6.45) is 5.61. The smallest absolute Gasteiger partial charge is 0.341 e. The van der Waals surface area contributed by atoms with Crippen LogP contribution in [0.3, 0.4) is 0 Å². The van der Waals surface area contributed by atoms with Crippen LogP contribution in [0.4, 0.5) is 0 Å². The normalized spacial score (nSPS) is 16.6. The minimum absolute atomic E-state index is 0.779. The van der Waals surface area contributed by atoms with Gasteiger partial charge in [0, 0.05) is 5.57 Å². The Morgan fingerprint density at radius 2 is 2.38 bits per heavy atom. The van der Waals surface area contributed by atoms with Crippen LogP contribution >= 0.6 is 0 Å². The molecule has 0 amide bonds. The minimum atomic E-state index is 0.779. The summed E-state index contributed by atoms with van der Waals surface area (Å²) in [5.74, 6) is 0.779. The van der Waals surface area contributed by atoms with Gasteiger partial charge in [-0.05, 0) is 6.08 Å². The maximum absolute atomic E-state index is 4.73. The second-order valence-corrected chi connectivity index (χ2v) is 1.72. The molecule has 0 atom stereocenters. The van der Waals surface area contributed by atoms with Crippen molar-refractivity contribution in [1.82, 2.24) is 0 Å². The first-order valence-corrected chi connectivity index (χ1v) is 2.66. The molecule has 0 heterocycles. The van der Waals surface area contributed by atoms with Gasteiger partial charge in [-0.2, -0.15) is 0 Å². The summed E-state index contributed by atoms with van der Waals surface area (Å²) in [5, 5.41) is 0. The summed E-state index contributed by atoms with van der Waals surface area (Å²) in [4.78, 5) is 0. The van der Waals surface area contributed by atoms with Gasteiger partial charge in [-0.25, -0.2) is 0 Å².